The molecular formula is C8H18ClNO. The van der Waals surface area contributed by atoms with Gasteiger partial charge in [-0.3, -0.25) is 0 Å². The van der Waals surface area contributed by atoms with Crippen LogP contribution < -0.4 is 5.73 Å². The lowest BCUT2D eigenvalue weighted by Gasteiger charge is -2.01. The van der Waals surface area contributed by atoms with Crippen molar-refractivity contribution in [2.45, 2.75) is 32.2 Å². The Labute approximate surface area is 74.9 Å². The fourth-order valence-corrected chi connectivity index (χ4v) is 0.630. The third-order valence-corrected chi connectivity index (χ3v) is 1.30. The molecular weight excluding hydrogens is 162 g/mol. The SMILES string of the molecule is CCC/C=C/CC(N)CO.Cl. The molecule has 0 aromatic rings. The summed E-state index contributed by atoms with van der Waals surface area (Å²) in [5.74, 6) is 0. The minimum absolute atomic E-state index is 0. The summed E-state index contributed by atoms with van der Waals surface area (Å²) in [7, 11) is 0. The molecule has 0 saturated carbocycles. The molecule has 0 rings (SSSR count). The van der Waals surface area contributed by atoms with Crippen LogP contribution in [0.1, 0.15) is 26.2 Å². The Morgan fingerprint density at radius 2 is 2.09 bits per heavy atom. The van der Waals surface area contributed by atoms with Gasteiger partial charge in [-0.2, -0.15) is 0 Å². The molecule has 2 nitrogen and oxygen atoms in total. The monoisotopic (exact) mass is 179 g/mol. The Balaban J connectivity index is 0. The van der Waals surface area contributed by atoms with E-state index >= 15 is 0 Å². The van der Waals surface area contributed by atoms with Gasteiger partial charge in [0.1, 0.15) is 0 Å². The molecule has 0 spiro atoms. The average molecular weight is 180 g/mol. The van der Waals surface area contributed by atoms with Crippen LogP contribution in [0.3, 0.4) is 0 Å². The van der Waals surface area contributed by atoms with E-state index in [0.717, 1.165) is 12.8 Å². The van der Waals surface area contributed by atoms with Gasteiger partial charge in [-0.05, 0) is 12.8 Å². The van der Waals surface area contributed by atoms with Gasteiger partial charge < -0.3 is 10.8 Å². The largest absolute Gasteiger partial charge is 0.395 e. The summed E-state index contributed by atoms with van der Waals surface area (Å²) >= 11 is 0. The summed E-state index contributed by atoms with van der Waals surface area (Å²) in [4.78, 5) is 0. The Kier molecular flexibility index (Phi) is 12.2. The van der Waals surface area contributed by atoms with Crippen molar-refractivity contribution in [1.82, 2.24) is 0 Å². The molecule has 0 bridgehead atoms. The van der Waals surface area contributed by atoms with Crippen LogP contribution in [0.15, 0.2) is 12.2 Å². The molecule has 3 N–H and O–H groups in total. The zero-order chi connectivity index (χ0) is 7.82. The van der Waals surface area contributed by atoms with Crippen molar-refractivity contribution in [3.63, 3.8) is 0 Å². The van der Waals surface area contributed by atoms with Crippen LogP contribution in [0.4, 0.5) is 0 Å². The molecule has 1 atom stereocenters. The summed E-state index contributed by atoms with van der Waals surface area (Å²) in [5, 5.41) is 8.53. The van der Waals surface area contributed by atoms with Gasteiger partial charge in [-0.25, -0.2) is 0 Å². The smallest absolute Gasteiger partial charge is 0.0585 e. The molecule has 0 aromatic carbocycles. The Hall–Kier alpha value is -0.0500. The van der Waals surface area contributed by atoms with Gasteiger partial charge in [0.15, 0.2) is 0 Å². The first kappa shape index (κ1) is 13.5. The van der Waals surface area contributed by atoms with Gasteiger partial charge in [0.2, 0.25) is 0 Å². The highest BCUT2D eigenvalue weighted by atomic mass is 35.5. The van der Waals surface area contributed by atoms with Crippen LogP contribution in [0.2, 0.25) is 0 Å². The van der Waals surface area contributed by atoms with E-state index in [2.05, 4.69) is 13.0 Å². The summed E-state index contributed by atoms with van der Waals surface area (Å²) in [6.07, 6.45) is 7.21. The van der Waals surface area contributed by atoms with Crippen molar-refractivity contribution < 1.29 is 5.11 Å². The lowest BCUT2D eigenvalue weighted by molar-refractivity contribution is 0.266. The van der Waals surface area contributed by atoms with Crippen LogP contribution in [-0.2, 0) is 0 Å². The molecule has 0 heterocycles. The van der Waals surface area contributed by atoms with Crippen LogP contribution in [0, 0.1) is 0 Å². The second-order valence-corrected chi connectivity index (χ2v) is 2.44. The van der Waals surface area contributed by atoms with Crippen molar-refractivity contribution in [1.29, 1.82) is 0 Å². The number of aliphatic hydroxyl groups is 1. The molecule has 11 heavy (non-hydrogen) atoms. The molecule has 0 aliphatic heterocycles. The van der Waals surface area contributed by atoms with E-state index in [-0.39, 0.29) is 25.1 Å². The van der Waals surface area contributed by atoms with Crippen LogP contribution in [0.25, 0.3) is 0 Å². The third kappa shape index (κ3) is 9.95. The van der Waals surface area contributed by atoms with Gasteiger partial charge >= 0.3 is 0 Å². The highest BCUT2D eigenvalue weighted by Crippen LogP contribution is 1.93. The molecule has 0 aliphatic carbocycles. The maximum atomic E-state index is 8.53. The highest BCUT2D eigenvalue weighted by molar-refractivity contribution is 5.85. The van der Waals surface area contributed by atoms with Crippen molar-refractivity contribution in [3.05, 3.63) is 12.2 Å². The Morgan fingerprint density at radius 3 is 2.55 bits per heavy atom. The van der Waals surface area contributed by atoms with Gasteiger partial charge in [0, 0.05) is 6.04 Å². The van der Waals surface area contributed by atoms with Crippen molar-refractivity contribution >= 4 is 12.4 Å². The quantitative estimate of drug-likeness (QED) is 0.628. The first-order valence-corrected chi connectivity index (χ1v) is 3.82. The maximum Gasteiger partial charge on any atom is 0.0585 e. The number of hydrogen-bond donors (Lipinski definition) is 2. The third-order valence-electron chi connectivity index (χ3n) is 1.30. The van der Waals surface area contributed by atoms with E-state index in [0.29, 0.717) is 0 Å². The van der Waals surface area contributed by atoms with Gasteiger partial charge in [0.25, 0.3) is 0 Å². The van der Waals surface area contributed by atoms with Gasteiger partial charge in [-0.15, -0.1) is 12.4 Å². The number of unbranched alkanes of at least 4 members (excludes halogenated alkanes) is 1. The number of allylic oxidation sites excluding steroid dienone is 1. The number of halogens is 1. The second-order valence-electron chi connectivity index (χ2n) is 2.44. The van der Waals surface area contributed by atoms with E-state index in [4.69, 9.17) is 10.8 Å². The maximum absolute atomic E-state index is 8.53. The number of nitrogens with two attached hydrogens (primary N) is 1. The zero-order valence-corrected chi connectivity index (χ0v) is 7.81. The Bertz CT molecular complexity index is 96.1. The van der Waals surface area contributed by atoms with Crippen molar-refractivity contribution in [2.75, 3.05) is 6.61 Å². The number of rotatable bonds is 5. The zero-order valence-electron chi connectivity index (χ0n) is 6.99. The number of hydrogen-bond acceptors (Lipinski definition) is 2. The second kappa shape index (κ2) is 9.95. The van der Waals surface area contributed by atoms with Crippen LogP contribution >= 0.6 is 12.4 Å². The van der Waals surface area contributed by atoms with E-state index < -0.39 is 0 Å². The van der Waals surface area contributed by atoms with Crippen LogP contribution in [-0.4, -0.2) is 17.8 Å². The van der Waals surface area contributed by atoms with Gasteiger partial charge in [-0.1, -0.05) is 25.5 Å². The fraction of sp³-hybridized carbons (Fsp3) is 0.750. The predicted octanol–water partition coefficient (Wildman–Crippen LogP) is 1.47. The van der Waals surface area contributed by atoms with Crippen molar-refractivity contribution in [3.8, 4) is 0 Å². The fourth-order valence-electron chi connectivity index (χ4n) is 0.630. The molecule has 0 fully saturated rings. The topological polar surface area (TPSA) is 46.2 Å². The lowest BCUT2D eigenvalue weighted by atomic mass is 10.2. The summed E-state index contributed by atoms with van der Waals surface area (Å²) in [5.41, 5.74) is 5.45. The molecule has 0 radical (unpaired) electrons. The Morgan fingerprint density at radius 1 is 1.45 bits per heavy atom. The summed E-state index contributed by atoms with van der Waals surface area (Å²) in [6.45, 7) is 2.22. The average Bonchev–Trinajstić information content (AvgIpc) is 1.98. The van der Waals surface area contributed by atoms with Crippen LogP contribution in [0.5, 0.6) is 0 Å². The lowest BCUT2D eigenvalue weighted by Crippen LogP contribution is -2.22. The van der Waals surface area contributed by atoms with Gasteiger partial charge in [0.05, 0.1) is 6.61 Å². The first-order chi connectivity index (χ1) is 4.81. The number of aliphatic hydroxyl groups excluding tert-OH is 1. The molecule has 0 amide bonds. The summed E-state index contributed by atoms with van der Waals surface area (Å²) < 4.78 is 0. The van der Waals surface area contributed by atoms with E-state index in [9.17, 15) is 0 Å². The minimum atomic E-state index is -0.0758. The standard InChI is InChI=1S/C8H17NO.ClH/c1-2-3-4-5-6-8(9)7-10;/h4-5,8,10H,2-3,6-7,9H2,1H3;1H/b5-4+;. The molecule has 68 valence electrons. The highest BCUT2D eigenvalue weighted by Gasteiger charge is 1.93. The predicted molar refractivity (Wildman–Crippen MR) is 51.0 cm³/mol. The molecule has 0 saturated heterocycles. The normalized spacial score (nSPS) is 13.0. The first-order valence-electron chi connectivity index (χ1n) is 3.82. The molecule has 3 heteroatoms. The molecule has 1 unspecified atom stereocenters. The van der Waals surface area contributed by atoms with Crippen molar-refractivity contribution in [2.24, 2.45) is 5.73 Å². The molecule has 0 aromatic heterocycles. The van der Waals surface area contributed by atoms with E-state index in [1.54, 1.807) is 0 Å². The summed E-state index contributed by atoms with van der Waals surface area (Å²) in [6, 6.07) is -0.0758. The minimum Gasteiger partial charge on any atom is -0.395 e. The van der Waals surface area contributed by atoms with E-state index in [1.807, 2.05) is 6.08 Å². The molecule has 0 aliphatic rings. The van der Waals surface area contributed by atoms with E-state index in [1.165, 1.54) is 6.42 Å².